The van der Waals surface area contributed by atoms with Crippen LogP contribution >= 0.6 is 0 Å². The normalized spacial score (nSPS) is 10.3. The highest BCUT2D eigenvalue weighted by molar-refractivity contribution is 5.94. The molecule has 1 amide bonds. The molecule has 0 heterocycles. The van der Waals surface area contributed by atoms with Crippen LogP contribution in [0.5, 0.6) is 5.75 Å². The van der Waals surface area contributed by atoms with E-state index in [0.29, 0.717) is 5.56 Å². The molecule has 0 unspecified atom stereocenters. The fourth-order valence-corrected chi connectivity index (χ4v) is 1.41. The first kappa shape index (κ1) is 11.6. The average Bonchev–Trinajstić information content (AvgIpc) is 2.25. The number of amides is 1. The van der Waals surface area contributed by atoms with Gasteiger partial charge in [0.1, 0.15) is 5.75 Å². The van der Waals surface area contributed by atoms with E-state index in [4.69, 9.17) is 0 Å². The van der Waals surface area contributed by atoms with Crippen molar-refractivity contribution in [3.05, 3.63) is 29.8 Å². The van der Waals surface area contributed by atoms with Crippen molar-refractivity contribution in [1.29, 1.82) is 0 Å². The third kappa shape index (κ3) is 3.27. The Labute approximate surface area is 90.1 Å². The van der Waals surface area contributed by atoms with Crippen molar-refractivity contribution < 1.29 is 9.90 Å². The molecule has 1 aromatic rings. The molecule has 82 valence electrons. The summed E-state index contributed by atoms with van der Waals surface area (Å²) in [6.07, 6.45) is 1.84. The van der Waals surface area contributed by atoms with Crippen molar-refractivity contribution >= 4 is 5.91 Å². The second-order valence-corrected chi connectivity index (χ2v) is 3.54. The second kappa shape index (κ2) is 5.39. The van der Waals surface area contributed by atoms with Crippen LogP contribution in [0.3, 0.4) is 0 Å². The molecule has 0 aliphatic rings. The maximum atomic E-state index is 11.7. The Morgan fingerprint density at radius 1 is 1.40 bits per heavy atom. The van der Waals surface area contributed by atoms with Gasteiger partial charge in [0, 0.05) is 11.6 Å². The Bertz CT molecular complexity index is 332. The van der Waals surface area contributed by atoms with Gasteiger partial charge >= 0.3 is 0 Å². The van der Waals surface area contributed by atoms with Crippen LogP contribution in [0.2, 0.25) is 0 Å². The maximum absolute atomic E-state index is 11.7. The van der Waals surface area contributed by atoms with Crippen LogP contribution in [-0.4, -0.2) is 17.1 Å². The number of rotatable bonds is 4. The van der Waals surface area contributed by atoms with Crippen molar-refractivity contribution in [3.63, 3.8) is 0 Å². The van der Waals surface area contributed by atoms with E-state index in [2.05, 4.69) is 5.32 Å². The van der Waals surface area contributed by atoms with Crippen LogP contribution in [-0.2, 0) is 0 Å². The zero-order valence-corrected chi connectivity index (χ0v) is 9.16. The first-order chi connectivity index (χ1) is 7.17. The third-order valence-corrected chi connectivity index (χ3v) is 2.43. The lowest BCUT2D eigenvalue weighted by Gasteiger charge is -2.14. The lowest BCUT2D eigenvalue weighted by Crippen LogP contribution is -2.33. The number of carbonyl (C=O) groups is 1. The van der Waals surface area contributed by atoms with Crippen LogP contribution in [0.4, 0.5) is 0 Å². The largest absolute Gasteiger partial charge is 0.508 e. The number of hydrogen-bond donors (Lipinski definition) is 2. The van der Waals surface area contributed by atoms with Crippen molar-refractivity contribution in [1.82, 2.24) is 5.32 Å². The highest BCUT2D eigenvalue weighted by Gasteiger charge is 2.10. The molecule has 0 aliphatic carbocycles. The summed E-state index contributed by atoms with van der Waals surface area (Å²) in [5.74, 6) is -0.00760. The Morgan fingerprint density at radius 3 is 2.60 bits per heavy atom. The molecule has 0 aliphatic heterocycles. The van der Waals surface area contributed by atoms with E-state index in [-0.39, 0.29) is 17.7 Å². The van der Waals surface area contributed by atoms with Crippen LogP contribution < -0.4 is 5.32 Å². The fourth-order valence-electron chi connectivity index (χ4n) is 1.41. The molecule has 0 fully saturated rings. The van der Waals surface area contributed by atoms with Gasteiger partial charge in [-0.1, -0.05) is 19.9 Å². The lowest BCUT2D eigenvalue weighted by atomic mass is 10.1. The van der Waals surface area contributed by atoms with E-state index >= 15 is 0 Å². The Balaban J connectivity index is 2.68. The number of aromatic hydroxyl groups is 1. The molecular formula is C12H17NO2. The zero-order valence-electron chi connectivity index (χ0n) is 9.16. The van der Waals surface area contributed by atoms with Crippen LogP contribution in [0.1, 0.15) is 37.0 Å². The first-order valence-electron chi connectivity index (χ1n) is 5.27. The molecule has 1 aromatic carbocycles. The Hall–Kier alpha value is -1.51. The SMILES string of the molecule is CCC(CC)NC(=O)c1cccc(O)c1. The molecule has 1 rings (SSSR count). The average molecular weight is 207 g/mol. The molecule has 0 bridgehead atoms. The van der Waals surface area contributed by atoms with Gasteiger partial charge in [-0.15, -0.1) is 0 Å². The summed E-state index contributed by atoms with van der Waals surface area (Å²) in [5.41, 5.74) is 0.502. The fraction of sp³-hybridized carbons (Fsp3) is 0.417. The van der Waals surface area contributed by atoms with Gasteiger partial charge in [-0.3, -0.25) is 4.79 Å². The van der Waals surface area contributed by atoms with Gasteiger partial charge in [-0.25, -0.2) is 0 Å². The van der Waals surface area contributed by atoms with Gasteiger partial charge in [0.2, 0.25) is 0 Å². The third-order valence-electron chi connectivity index (χ3n) is 2.43. The van der Waals surface area contributed by atoms with E-state index in [1.54, 1.807) is 18.2 Å². The predicted molar refractivity (Wildman–Crippen MR) is 59.9 cm³/mol. The minimum atomic E-state index is -0.125. The van der Waals surface area contributed by atoms with Crippen LogP contribution in [0, 0.1) is 0 Å². The summed E-state index contributed by atoms with van der Waals surface area (Å²) in [7, 11) is 0. The number of phenols is 1. The van der Waals surface area contributed by atoms with E-state index in [1.807, 2.05) is 13.8 Å². The minimum Gasteiger partial charge on any atom is -0.508 e. The number of carbonyl (C=O) groups excluding carboxylic acids is 1. The summed E-state index contributed by atoms with van der Waals surface area (Å²) >= 11 is 0. The van der Waals surface area contributed by atoms with Crippen LogP contribution in [0.25, 0.3) is 0 Å². The highest BCUT2D eigenvalue weighted by atomic mass is 16.3. The lowest BCUT2D eigenvalue weighted by molar-refractivity contribution is 0.0934. The quantitative estimate of drug-likeness (QED) is 0.796. The van der Waals surface area contributed by atoms with Gasteiger partial charge in [-0.2, -0.15) is 0 Å². The number of hydrogen-bond acceptors (Lipinski definition) is 2. The van der Waals surface area contributed by atoms with Crippen molar-refractivity contribution in [2.75, 3.05) is 0 Å². The highest BCUT2D eigenvalue weighted by Crippen LogP contribution is 2.11. The molecule has 0 atom stereocenters. The Kier molecular flexibility index (Phi) is 4.16. The summed E-state index contributed by atoms with van der Waals surface area (Å²) in [4.78, 5) is 11.7. The molecule has 0 radical (unpaired) electrons. The van der Waals surface area contributed by atoms with Crippen molar-refractivity contribution in [2.24, 2.45) is 0 Å². The van der Waals surface area contributed by atoms with E-state index < -0.39 is 0 Å². The number of phenolic OH excluding ortho intramolecular Hbond substituents is 1. The van der Waals surface area contributed by atoms with Gasteiger partial charge in [0.15, 0.2) is 0 Å². The second-order valence-electron chi connectivity index (χ2n) is 3.54. The van der Waals surface area contributed by atoms with E-state index in [0.717, 1.165) is 12.8 Å². The Morgan fingerprint density at radius 2 is 2.07 bits per heavy atom. The summed E-state index contributed by atoms with van der Waals surface area (Å²) < 4.78 is 0. The van der Waals surface area contributed by atoms with E-state index in [1.165, 1.54) is 6.07 Å². The number of nitrogens with one attached hydrogen (secondary N) is 1. The summed E-state index contributed by atoms with van der Waals surface area (Å²) in [6.45, 7) is 4.08. The molecule has 0 saturated carbocycles. The molecule has 3 heteroatoms. The molecule has 0 aromatic heterocycles. The molecule has 0 spiro atoms. The maximum Gasteiger partial charge on any atom is 0.251 e. The van der Waals surface area contributed by atoms with Gasteiger partial charge < -0.3 is 10.4 Å². The molecule has 3 nitrogen and oxygen atoms in total. The predicted octanol–water partition coefficient (Wildman–Crippen LogP) is 2.31. The standard InChI is InChI=1S/C12H17NO2/c1-3-10(4-2)13-12(15)9-6-5-7-11(14)8-9/h5-8,10,14H,3-4H2,1-2H3,(H,13,15). The van der Waals surface area contributed by atoms with Gasteiger partial charge in [-0.05, 0) is 31.0 Å². The summed E-state index contributed by atoms with van der Waals surface area (Å²) in [5, 5.41) is 12.1. The minimum absolute atomic E-state index is 0.118. The first-order valence-corrected chi connectivity index (χ1v) is 5.27. The molecular weight excluding hydrogens is 190 g/mol. The smallest absolute Gasteiger partial charge is 0.251 e. The van der Waals surface area contributed by atoms with E-state index in [9.17, 15) is 9.90 Å². The topological polar surface area (TPSA) is 49.3 Å². The van der Waals surface area contributed by atoms with Crippen LogP contribution in [0.15, 0.2) is 24.3 Å². The molecule has 15 heavy (non-hydrogen) atoms. The zero-order chi connectivity index (χ0) is 11.3. The van der Waals surface area contributed by atoms with Gasteiger partial charge in [0.25, 0.3) is 5.91 Å². The van der Waals surface area contributed by atoms with Crippen molar-refractivity contribution in [3.8, 4) is 5.75 Å². The monoisotopic (exact) mass is 207 g/mol. The number of benzene rings is 1. The molecule has 0 saturated heterocycles. The van der Waals surface area contributed by atoms with Gasteiger partial charge in [0.05, 0.1) is 0 Å². The molecule has 2 N–H and O–H groups in total. The summed E-state index contributed by atoms with van der Waals surface area (Å²) in [6, 6.07) is 6.58. The van der Waals surface area contributed by atoms with Crippen molar-refractivity contribution in [2.45, 2.75) is 32.7 Å².